The third kappa shape index (κ3) is 7.01. The fraction of sp³-hybridized carbons (Fsp3) is 0.310. The highest BCUT2D eigenvalue weighted by molar-refractivity contribution is 5.88. The van der Waals surface area contributed by atoms with Crippen LogP contribution in [0.2, 0.25) is 0 Å². The fourth-order valence-corrected chi connectivity index (χ4v) is 3.90. The molecule has 1 atom stereocenters. The first kappa shape index (κ1) is 25.2. The van der Waals surface area contributed by atoms with E-state index < -0.39 is 6.04 Å². The number of hydrogen-bond donors (Lipinski definition) is 1. The van der Waals surface area contributed by atoms with Crippen molar-refractivity contribution in [3.05, 3.63) is 106 Å². The first-order valence-electron chi connectivity index (χ1n) is 11.8. The van der Waals surface area contributed by atoms with Gasteiger partial charge in [-0.1, -0.05) is 67.6 Å². The SMILES string of the molecule is CCCNC(=O)C(Cc1ccccc1)N(Cc1ccc(F)cc1)C(=O)Cc1ccc(C)c(C)c1. The Balaban J connectivity index is 1.95. The van der Waals surface area contributed by atoms with Crippen molar-refractivity contribution in [2.24, 2.45) is 0 Å². The number of rotatable bonds is 10. The molecule has 0 saturated carbocycles. The molecule has 0 radical (unpaired) electrons. The molecule has 178 valence electrons. The van der Waals surface area contributed by atoms with Crippen molar-refractivity contribution in [2.45, 2.75) is 52.6 Å². The predicted octanol–water partition coefficient (Wildman–Crippen LogP) is 5.15. The minimum atomic E-state index is -0.682. The highest BCUT2D eigenvalue weighted by atomic mass is 19.1. The lowest BCUT2D eigenvalue weighted by molar-refractivity contribution is -0.140. The molecular formula is C29H33FN2O2. The van der Waals surface area contributed by atoms with E-state index in [1.165, 1.54) is 17.7 Å². The fourth-order valence-electron chi connectivity index (χ4n) is 3.90. The van der Waals surface area contributed by atoms with Gasteiger partial charge >= 0.3 is 0 Å². The summed E-state index contributed by atoms with van der Waals surface area (Å²) in [5.74, 6) is -0.653. The van der Waals surface area contributed by atoms with Crippen molar-refractivity contribution in [3.63, 3.8) is 0 Å². The van der Waals surface area contributed by atoms with Gasteiger partial charge in [-0.3, -0.25) is 9.59 Å². The second kappa shape index (κ2) is 12.1. The van der Waals surface area contributed by atoms with Crippen molar-refractivity contribution in [3.8, 4) is 0 Å². The van der Waals surface area contributed by atoms with E-state index >= 15 is 0 Å². The molecule has 3 rings (SSSR count). The van der Waals surface area contributed by atoms with Gasteiger partial charge in [-0.25, -0.2) is 4.39 Å². The van der Waals surface area contributed by atoms with Crippen LogP contribution in [-0.2, 0) is 29.0 Å². The highest BCUT2D eigenvalue weighted by Crippen LogP contribution is 2.18. The van der Waals surface area contributed by atoms with Gasteiger partial charge in [0.05, 0.1) is 6.42 Å². The molecule has 0 bridgehead atoms. The Morgan fingerprint density at radius 1 is 0.882 bits per heavy atom. The van der Waals surface area contributed by atoms with Gasteiger partial charge in [0.15, 0.2) is 0 Å². The molecule has 0 spiro atoms. The smallest absolute Gasteiger partial charge is 0.243 e. The van der Waals surface area contributed by atoms with Crippen LogP contribution in [0.3, 0.4) is 0 Å². The van der Waals surface area contributed by atoms with Gasteiger partial charge < -0.3 is 10.2 Å². The van der Waals surface area contributed by atoms with Crippen LogP contribution in [0.1, 0.15) is 41.2 Å². The Morgan fingerprint density at radius 2 is 1.56 bits per heavy atom. The van der Waals surface area contributed by atoms with E-state index in [4.69, 9.17) is 0 Å². The summed E-state index contributed by atoms with van der Waals surface area (Å²) in [7, 11) is 0. The quantitative estimate of drug-likeness (QED) is 0.455. The summed E-state index contributed by atoms with van der Waals surface area (Å²) in [6, 6.07) is 21.1. The molecule has 1 N–H and O–H groups in total. The Labute approximate surface area is 201 Å². The van der Waals surface area contributed by atoms with Crippen molar-refractivity contribution in [1.82, 2.24) is 10.2 Å². The third-order valence-corrected chi connectivity index (χ3v) is 6.01. The van der Waals surface area contributed by atoms with Crippen LogP contribution in [0, 0.1) is 19.7 Å². The van der Waals surface area contributed by atoms with Gasteiger partial charge in [0.25, 0.3) is 0 Å². The average molecular weight is 461 g/mol. The minimum Gasteiger partial charge on any atom is -0.354 e. The minimum absolute atomic E-state index is 0.139. The second-order valence-electron chi connectivity index (χ2n) is 8.74. The molecule has 5 heteroatoms. The number of aryl methyl sites for hydroxylation is 2. The molecule has 0 aromatic heterocycles. The van der Waals surface area contributed by atoms with Crippen LogP contribution in [0.25, 0.3) is 0 Å². The van der Waals surface area contributed by atoms with Gasteiger partial charge in [0.2, 0.25) is 11.8 Å². The van der Waals surface area contributed by atoms with E-state index in [0.717, 1.165) is 28.7 Å². The zero-order valence-electron chi connectivity index (χ0n) is 20.2. The van der Waals surface area contributed by atoms with Crippen LogP contribution in [0.15, 0.2) is 72.8 Å². The second-order valence-corrected chi connectivity index (χ2v) is 8.74. The maximum absolute atomic E-state index is 13.7. The van der Waals surface area contributed by atoms with Crippen molar-refractivity contribution >= 4 is 11.8 Å². The average Bonchev–Trinajstić information content (AvgIpc) is 2.84. The van der Waals surface area contributed by atoms with Crippen molar-refractivity contribution in [1.29, 1.82) is 0 Å². The van der Waals surface area contributed by atoms with Crippen LogP contribution in [0.4, 0.5) is 4.39 Å². The summed E-state index contributed by atoms with van der Waals surface area (Å²) in [6.07, 6.45) is 1.39. The van der Waals surface area contributed by atoms with Crippen LogP contribution < -0.4 is 5.32 Å². The lowest BCUT2D eigenvalue weighted by Crippen LogP contribution is -2.51. The number of carbonyl (C=O) groups is 2. The predicted molar refractivity (Wildman–Crippen MR) is 134 cm³/mol. The zero-order chi connectivity index (χ0) is 24.5. The molecule has 0 fully saturated rings. The highest BCUT2D eigenvalue weighted by Gasteiger charge is 2.30. The Hall–Kier alpha value is -3.47. The van der Waals surface area contributed by atoms with E-state index in [0.29, 0.717) is 13.0 Å². The molecule has 3 aromatic carbocycles. The summed E-state index contributed by atoms with van der Waals surface area (Å²) in [6.45, 7) is 6.82. The molecule has 1 unspecified atom stereocenters. The number of amides is 2. The molecule has 34 heavy (non-hydrogen) atoms. The van der Waals surface area contributed by atoms with Crippen molar-refractivity contribution < 1.29 is 14.0 Å². The zero-order valence-corrected chi connectivity index (χ0v) is 20.2. The lowest BCUT2D eigenvalue weighted by atomic mass is 10.00. The van der Waals surface area contributed by atoms with E-state index in [1.807, 2.05) is 69.3 Å². The molecule has 0 saturated heterocycles. The van der Waals surface area contributed by atoms with Crippen LogP contribution in [-0.4, -0.2) is 29.3 Å². The molecule has 0 aliphatic heterocycles. The van der Waals surface area contributed by atoms with Gasteiger partial charge in [-0.2, -0.15) is 0 Å². The van der Waals surface area contributed by atoms with Gasteiger partial charge in [0, 0.05) is 19.5 Å². The standard InChI is InChI=1S/C29H33FN2O2/c1-4-16-31-29(34)27(18-23-8-6-5-7-9-23)32(20-24-12-14-26(30)15-13-24)28(33)19-25-11-10-21(2)22(3)17-25/h5-15,17,27H,4,16,18-20H2,1-3H3,(H,31,34). The Morgan fingerprint density at radius 3 is 2.21 bits per heavy atom. The summed E-state index contributed by atoms with van der Waals surface area (Å²) in [5, 5.41) is 2.97. The van der Waals surface area contributed by atoms with Gasteiger partial charge in [0.1, 0.15) is 11.9 Å². The van der Waals surface area contributed by atoms with E-state index in [1.54, 1.807) is 17.0 Å². The lowest BCUT2D eigenvalue weighted by Gasteiger charge is -2.31. The molecular weight excluding hydrogens is 427 g/mol. The summed E-state index contributed by atoms with van der Waals surface area (Å²) >= 11 is 0. The summed E-state index contributed by atoms with van der Waals surface area (Å²) in [4.78, 5) is 28.6. The molecule has 3 aromatic rings. The molecule has 2 amide bonds. The monoisotopic (exact) mass is 460 g/mol. The van der Waals surface area contributed by atoms with E-state index in [2.05, 4.69) is 5.32 Å². The number of halogens is 1. The summed E-state index contributed by atoms with van der Waals surface area (Å²) < 4.78 is 13.5. The van der Waals surface area contributed by atoms with E-state index in [-0.39, 0.29) is 30.6 Å². The third-order valence-electron chi connectivity index (χ3n) is 6.01. The van der Waals surface area contributed by atoms with E-state index in [9.17, 15) is 14.0 Å². The van der Waals surface area contributed by atoms with Crippen LogP contribution >= 0.6 is 0 Å². The molecule has 4 nitrogen and oxygen atoms in total. The van der Waals surface area contributed by atoms with Gasteiger partial charge in [-0.15, -0.1) is 0 Å². The first-order valence-corrected chi connectivity index (χ1v) is 11.8. The Bertz CT molecular complexity index is 1100. The topological polar surface area (TPSA) is 49.4 Å². The largest absolute Gasteiger partial charge is 0.354 e. The van der Waals surface area contributed by atoms with Crippen LogP contribution in [0.5, 0.6) is 0 Å². The van der Waals surface area contributed by atoms with Gasteiger partial charge in [-0.05, 0) is 60.2 Å². The first-order chi connectivity index (χ1) is 16.4. The maximum atomic E-state index is 13.7. The molecule has 0 heterocycles. The maximum Gasteiger partial charge on any atom is 0.243 e. The Kier molecular flexibility index (Phi) is 8.97. The number of carbonyl (C=O) groups excluding carboxylic acids is 2. The molecule has 0 aliphatic carbocycles. The number of hydrogen-bond acceptors (Lipinski definition) is 2. The molecule has 0 aliphatic rings. The normalized spacial score (nSPS) is 11.6. The van der Waals surface area contributed by atoms with Crippen molar-refractivity contribution in [2.75, 3.05) is 6.54 Å². The number of benzene rings is 3. The summed E-state index contributed by atoms with van der Waals surface area (Å²) in [5.41, 5.74) is 4.94. The number of nitrogens with zero attached hydrogens (tertiary/aromatic N) is 1. The number of nitrogens with one attached hydrogen (secondary N) is 1.